The monoisotopic (exact) mass is 540 g/mol. The highest BCUT2D eigenvalue weighted by Gasteiger charge is 2.27. The number of rotatable bonds is 6. The van der Waals surface area contributed by atoms with E-state index in [0.717, 1.165) is 50.1 Å². The summed E-state index contributed by atoms with van der Waals surface area (Å²) in [4.78, 5) is 56.1. The van der Waals surface area contributed by atoms with Crippen LogP contribution in [-0.4, -0.2) is 39.6 Å². The van der Waals surface area contributed by atoms with E-state index in [9.17, 15) is 19.2 Å². The maximum atomic E-state index is 13.6. The van der Waals surface area contributed by atoms with E-state index in [4.69, 9.17) is 20.2 Å². The molecule has 10 heteroatoms. The fourth-order valence-corrected chi connectivity index (χ4v) is 5.01. The van der Waals surface area contributed by atoms with Crippen LogP contribution in [-0.2, 0) is 25.3 Å². The molecule has 0 atom stereocenters. The third-order valence-electron chi connectivity index (χ3n) is 7.15. The lowest BCUT2D eigenvalue weighted by molar-refractivity contribution is 0.0475. The molecule has 40 heavy (non-hydrogen) atoms. The van der Waals surface area contributed by atoms with E-state index in [1.807, 2.05) is 42.5 Å². The van der Waals surface area contributed by atoms with E-state index in [2.05, 4.69) is 6.08 Å². The second kappa shape index (κ2) is 10.6. The van der Waals surface area contributed by atoms with Gasteiger partial charge < -0.3 is 15.2 Å². The summed E-state index contributed by atoms with van der Waals surface area (Å²) in [7, 11) is 4.22. The van der Waals surface area contributed by atoms with Crippen LogP contribution in [0.4, 0.5) is 5.82 Å². The van der Waals surface area contributed by atoms with Crippen molar-refractivity contribution < 1.29 is 19.1 Å². The Balaban J connectivity index is 1.52. The van der Waals surface area contributed by atoms with Crippen LogP contribution in [0.15, 0.2) is 58.1 Å². The van der Waals surface area contributed by atoms with Gasteiger partial charge in [-0.15, -0.1) is 0 Å². The van der Waals surface area contributed by atoms with E-state index < -0.39 is 35.2 Å². The second-order valence-electron chi connectivity index (χ2n) is 9.59. The Morgan fingerprint density at radius 1 is 1.00 bits per heavy atom. The Labute approximate surface area is 229 Å². The van der Waals surface area contributed by atoms with Crippen LogP contribution in [0, 0.1) is 0 Å². The molecule has 5 rings (SSSR count). The number of hydrogen-bond donors (Lipinski definition) is 1. The van der Waals surface area contributed by atoms with Crippen molar-refractivity contribution >= 4 is 40.1 Å². The van der Waals surface area contributed by atoms with Gasteiger partial charge in [0.05, 0.1) is 23.9 Å². The summed E-state index contributed by atoms with van der Waals surface area (Å²) in [6, 6.07) is 14.9. The smallest absolute Gasteiger partial charge is 0.339 e. The molecule has 0 fully saturated rings. The number of pyridine rings is 1. The summed E-state index contributed by atoms with van der Waals surface area (Å²) in [5.41, 5.74) is 8.39. The Hall–Kier alpha value is -4.99. The number of aromatic nitrogens is 3. The molecular formula is C30H28N4O6. The maximum Gasteiger partial charge on any atom is 0.339 e. The van der Waals surface area contributed by atoms with E-state index in [0.29, 0.717) is 22.9 Å². The number of ether oxygens (including phenoxy) is 2. The molecule has 0 amide bonds. The first kappa shape index (κ1) is 26.6. The lowest BCUT2D eigenvalue weighted by Crippen LogP contribution is -2.42. The normalized spacial score (nSPS) is 13.7. The molecule has 2 N–H and O–H groups in total. The Kier molecular flexibility index (Phi) is 7.08. The number of fused-ring (bicyclic) bond motifs is 2. The number of benzene rings is 2. The number of Topliss-reactive ketones (excluding diaryl/α,β-unsaturated/α-hetero) is 1. The van der Waals surface area contributed by atoms with Crippen LogP contribution in [0.5, 0.6) is 5.75 Å². The molecule has 2 aromatic carbocycles. The summed E-state index contributed by atoms with van der Waals surface area (Å²) in [5, 5.41) is 0.613. The molecule has 0 radical (unpaired) electrons. The number of para-hydroxylation sites is 1. The summed E-state index contributed by atoms with van der Waals surface area (Å²) < 4.78 is 12.5. The van der Waals surface area contributed by atoms with Gasteiger partial charge in [-0.05, 0) is 60.2 Å². The predicted octanol–water partition coefficient (Wildman–Crippen LogP) is 3.14. The van der Waals surface area contributed by atoms with Gasteiger partial charge in [0, 0.05) is 19.5 Å². The average molecular weight is 541 g/mol. The minimum atomic E-state index is -0.846. The molecule has 2 aromatic heterocycles. The summed E-state index contributed by atoms with van der Waals surface area (Å²) in [6.07, 6.45) is 4.25. The molecule has 1 aliphatic rings. The van der Waals surface area contributed by atoms with Crippen LogP contribution in [0.1, 0.15) is 50.4 Å². The zero-order valence-electron chi connectivity index (χ0n) is 22.4. The van der Waals surface area contributed by atoms with Gasteiger partial charge >= 0.3 is 11.7 Å². The quantitative estimate of drug-likeness (QED) is 0.291. The van der Waals surface area contributed by atoms with Crippen molar-refractivity contribution in [1.29, 1.82) is 0 Å². The number of carbonyl (C=O) groups is 2. The molecule has 2 heterocycles. The van der Waals surface area contributed by atoms with E-state index >= 15 is 0 Å². The van der Waals surface area contributed by atoms with Crippen molar-refractivity contribution in [1.82, 2.24) is 14.1 Å². The number of ketones is 1. The van der Waals surface area contributed by atoms with Crippen molar-refractivity contribution in [2.45, 2.75) is 19.3 Å². The number of carbonyl (C=O) groups excluding carboxylic acids is 2. The van der Waals surface area contributed by atoms with E-state index in [1.165, 1.54) is 14.1 Å². The number of nitrogens with zero attached hydrogens (tertiary/aromatic N) is 3. The third kappa shape index (κ3) is 4.68. The highest BCUT2D eigenvalue weighted by Crippen LogP contribution is 2.36. The van der Waals surface area contributed by atoms with Crippen LogP contribution in [0.3, 0.4) is 0 Å². The first-order valence-corrected chi connectivity index (χ1v) is 12.7. The highest BCUT2D eigenvalue weighted by molar-refractivity contribution is 6.08. The Morgan fingerprint density at radius 2 is 1.73 bits per heavy atom. The molecule has 0 saturated carbocycles. The summed E-state index contributed by atoms with van der Waals surface area (Å²) >= 11 is 0. The average Bonchev–Trinajstić information content (AvgIpc) is 2.97. The molecule has 4 aromatic rings. The zero-order valence-corrected chi connectivity index (χ0v) is 22.4. The minimum Gasteiger partial charge on any atom is -0.497 e. The van der Waals surface area contributed by atoms with Gasteiger partial charge in [0.1, 0.15) is 17.1 Å². The standard InChI is InChI=1S/C30H28N4O6/c1-33-27(31)25(28(36)34(2)30(33)38)23(35)16-40-29(37)24-20-8-4-5-10-22(20)32-26-18(7-6-9-21(24)26)15-17-11-13-19(39-3)14-12-17/h4-5,8,10-15H,6-7,9,16,31H2,1-3H3. The zero-order chi connectivity index (χ0) is 28.6. The maximum absolute atomic E-state index is 13.6. The van der Waals surface area contributed by atoms with Crippen molar-refractivity contribution in [2.75, 3.05) is 19.5 Å². The largest absolute Gasteiger partial charge is 0.497 e. The number of methoxy groups -OCH3 is 1. The third-order valence-corrected chi connectivity index (χ3v) is 7.15. The highest BCUT2D eigenvalue weighted by atomic mass is 16.5. The van der Waals surface area contributed by atoms with Crippen molar-refractivity contribution in [3.63, 3.8) is 0 Å². The number of esters is 1. The van der Waals surface area contributed by atoms with Crippen LogP contribution in [0.2, 0.25) is 0 Å². The number of hydrogen-bond acceptors (Lipinski definition) is 8. The van der Waals surface area contributed by atoms with Crippen LogP contribution in [0.25, 0.3) is 22.6 Å². The molecule has 0 saturated heterocycles. The number of nitrogens with two attached hydrogens (primary N) is 1. The molecule has 10 nitrogen and oxygen atoms in total. The minimum absolute atomic E-state index is 0.283. The molecule has 0 aliphatic heterocycles. The Morgan fingerprint density at radius 3 is 2.45 bits per heavy atom. The summed E-state index contributed by atoms with van der Waals surface area (Å²) in [6.45, 7) is -0.712. The molecule has 204 valence electrons. The SMILES string of the molecule is COc1ccc(C=C2CCCc3c2nc2ccccc2c3C(=O)OCC(=O)c2c(N)n(C)c(=O)n(C)c2=O)cc1. The number of anilines is 1. The van der Waals surface area contributed by atoms with Crippen molar-refractivity contribution in [3.05, 3.63) is 97.3 Å². The van der Waals surface area contributed by atoms with Gasteiger partial charge in [-0.2, -0.15) is 0 Å². The molecular weight excluding hydrogens is 512 g/mol. The molecule has 0 unspecified atom stereocenters. The van der Waals surface area contributed by atoms with Gasteiger partial charge in [0.2, 0.25) is 5.78 Å². The summed E-state index contributed by atoms with van der Waals surface area (Å²) in [5.74, 6) is -1.02. The van der Waals surface area contributed by atoms with Gasteiger partial charge in [0.15, 0.2) is 6.61 Å². The first-order valence-electron chi connectivity index (χ1n) is 12.7. The van der Waals surface area contributed by atoms with Crippen LogP contribution >= 0.6 is 0 Å². The van der Waals surface area contributed by atoms with Gasteiger partial charge in [-0.25, -0.2) is 14.6 Å². The second-order valence-corrected chi connectivity index (χ2v) is 9.59. The van der Waals surface area contributed by atoms with Crippen molar-refractivity contribution in [3.8, 4) is 5.75 Å². The predicted molar refractivity (Wildman–Crippen MR) is 151 cm³/mol. The van der Waals surface area contributed by atoms with Gasteiger partial charge in [-0.1, -0.05) is 30.3 Å². The van der Waals surface area contributed by atoms with E-state index in [-0.39, 0.29) is 5.82 Å². The molecule has 1 aliphatic carbocycles. The number of allylic oxidation sites excluding steroid dienone is 1. The van der Waals surface area contributed by atoms with Gasteiger partial charge in [-0.3, -0.25) is 18.7 Å². The van der Waals surface area contributed by atoms with Crippen LogP contribution < -0.4 is 21.7 Å². The topological polar surface area (TPSA) is 136 Å². The Bertz CT molecular complexity index is 1820. The lowest BCUT2D eigenvalue weighted by Gasteiger charge is -2.22. The fraction of sp³-hybridized carbons (Fsp3) is 0.233. The van der Waals surface area contributed by atoms with E-state index in [1.54, 1.807) is 13.2 Å². The molecule has 0 spiro atoms. The first-order chi connectivity index (χ1) is 19.2. The van der Waals surface area contributed by atoms with Gasteiger partial charge in [0.25, 0.3) is 5.56 Å². The molecule has 0 bridgehead atoms. The number of nitrogen functional groups attached to an aromatic ring is 1. The lowest BCUT2D eigenvalue weighted by atomic mass is 9.86. The fourth-order valence-electron chi connectivity index (χ4n) is 5.01. The van der Waals surface area contributed by atoms with Crippen molar-refractivity contribution in [2.24, 2.45) is 14.1 Å².